The number of nitrogens with zero attached hydrogens (tertiary/aromatic N) is 2. The van der Waals surface area contributed by atoms with Gasteiger partial charge in [-0.25, -0.2) is 14.4 Å². The Hall–Kier alpha value is -1.88. The molecule has 0 aliphatic carbocycles. The second-order valence-electron chi connectivity index (χ2n) is 4.26. The Balaban J connectivity index is 2.16. The van der Waals surface area contributed by atoms with Gasteiger partial charge in [0.1, 0.15) is 23.8 Å². The number of halogens is 2. The van der Waals surface area contributed by atoms with E-state index in [9.17, 15) is 4.39 Å². The average Bonchev–Trinajstić information content (AvgIpc) is 2.47. The van der Waals surface area contributed by atoms with E-state index >= 15 is 0 Å². The lowest BCUT2D eigenvalue weighted by Gasteiger charge is -2.13. The van der Waals surface area contributed by atoms with E-state index in [1.807, 2.05) is 14.0 Å². The van der Waals surface area contributed by atoms with Crippen LogP contribution in [0.25, 0.3) is 0 Å². The lowest BCUT2D eigenvalue weighted by atomic mass is 10.2. The van der Waals surface area contributed by atoms with E-state index in [-0.39, 0.29) is 5.02 Å². The summed E-state index contributed by atoms with van der Waals surface area (Å²) in [6, 6.07) is 4.66. The first-order valence-electron chi connectivity index (χ1n) is 6.35. The van der Waals surface area contributed by atoms with Gasteiger partial charge in [-0.2, -0.15) is 0 Å². The summed E-state index contributed by atoms with van der Waals surface area (Å²) >= 11 is 5.76. The summed E-state index contributed by atoms with van der Waals surface area (Å²) in [5.74, 6) is 1.17. The van der Waals surface area contributed by atoms with Crippen molar-refractivity contribution in [2.75, 3.05) is 17.7 Å². The molecular formula is C14H16ClFN4. The van der Waals surface area contributed by atoms with Crippen molar-refractivity contribution in [2.24, 2.45) is 0 Å². The Morgan fingerprint density at radius 2 is 2.00 bits per heavy atom. The lowest BCUT2D eigenvalue weighted by Crippen LogP contribution is -2.08. The monoisotopic (exact) mass is 294 g/mol. The van der Waals surface area contributed by atoms with Crippen LogP contribution in [0.1, 0.15) is 18.1 Å². The zero-order valence-corrected chi connectivity index (χ0v) is 12.1. The van der Waals surface area contributed by atoms with Crippen LogP contribution in [-0.2, 0) is 13.0 Å². The minimum absolute atomic E-state index is 0.124. The number of benzene rings is 1. The third kappa shape index (κ3) is 3.17. The molecule has 106 valence electrons. The maximum Gasteiger partial charge on any atom is 0.141 e. The molecule has 0 saturated carbocycles. The summed E-state index contributed by atoms with van der Waals surface area (Å²) in [4.78, 5) is 8.42. The molecule has 0 atom stereocenters. The largest absolute Gasteiger partial charge is 0.373 e. The van der Waals surface area contributed by atoms with Crippen LogP contribution in [0.2, 0.25) is 5.02 Å². The van der Waals surface area contributed by atoms with Crippen LogP contribution in [0.4, 0.5) is 16.0 Å². The standard InChI is InChI=1S/C14H16ClFN4/c1-3-10-13(17-2)19-8-20-14(10)18-7-9-4-5-12(16)11(15)6-9/h4-6,8H,3,7H2,1-2H3,(H2,17,18,19,20). The highest BCUT2D eigenvalue weighted by Crippen LogP contribution is 2.21. The summed E-state index contributed by atoms with van der Waals surface area (Å²) < 4.78 is 13.1. The summed E-state index contributed by atoms with van der Waals surface area (Å²) in [5.41, 5.74) is 1.91. The van der Waals surface area contributed by atoms with Crippen molar-refractivity contribution in [1.82, 2.24) is 9.97 Å². The second kappa shape index (κ2) is 6.52. The van der Waals surface area contributed by atoms with Crippen LogP contribution in [0.3, 0.4) is 0 Å². The molecule has 0 bridgehead atoms. The van der Waals surface area contributed by atoms with E-state index in [0.29, 0.717) is 6.54 Å². The maximum absolute atomic E-state index is 13.1. The normalized spacial score (nSPS) is 10.4. The zero-order chi connectivity index (χ0) is 14.5. The van der Waals surface area contributed by atoms with E-state index in [4.69, 9.17) is 11.6 Å². The third-order valence-corrected chi connectivity index (χ3v) is 3.27. The Morgan fingerprint density at radius 3 is 2.65 bits per heavy atom. The molecule has 0 radical (unpaired) electrons. The van der Waals surface area contributed by atoms with Crippen LogP contribution >= 0.6 is 11.6 Å². The minimum Gasteiger partial charge on any atom is -0.373 e. The van der Waals surface area contributed by atoms with Gasteiger partial charge in [-0.1, -0.05) is 24.6 Å². The molecule has 0 aliphatic heterocycles. The predicted octanol–water partition coefficient (Wildman–Crippen LogP) is 3.49. The first-order chi connectivity index (χ1) is 9.65. The first kappa shape index (κ1) is 14.5. The van der Waals surface area contributed by atoms with Crippen LogP contribution in [0.15, 0.2) is 24.5 Å². The second-order valence-corrected chi connectivity index (χ2v) is 4.66. The predicted molar refractivity (Wildman–Crippen MR) is 79.7 cm³/mol. The zero-order valence-electron chi connectivity index (χ0n) is 11.4. The fourth-order valence-corrected chi connectivity index (χ4v) is 2.15. The maximum atomic E-state index is 13.1. The van der Waals surface area contributed by atoms with Crippen LogP contribution < -0.4 is 10.6 Å². The molecule has 2 rings (SSSR count). The SMILES string of the molecule is CCc1c(NC)ncnc1NCc1ccc(F)c(Cl)c1. The van der Waals surface area contributed by atoms with Crippen molar-refractivity contribution < 1.29 is 4.39 Å². The number of rotatable bonds is 5. The van der Waals surface area contributed by atoms with Gasteiger partial charge in [-0.05, 0) is 24.1 Å². The molecule has 0 spiro atoms. The molecule has 2 N–H and O–H groups in total. The Kier molecular flexibility index (Phi) is 4.74. The molecule has 1 aromatic carbocycles. The van der Waals surface area contributed by atoms with Crippen LogP contribution in [-0.4, -0.2) is 17.0 Å². The molecule has 2 aromatic rings. The summed E-state index contributed by atoms with van der Waals surface area (Å²) in [6.07, 6.45) is 2.31. The van der Waals surface area contributed by atoms with E-state index in [1.165, 1.54) is 12.4 Å². The fourth-order valence-electron chi connectivity index (χ4n) is 1.95. The van der Waals surface area contributed by atoms with Crippen LogP contribution in [0, 0.1) is 5.82 Å². The van der Waals surface area contributed by atoms with E-state index in [1.54, 1.807) is 12.1 Å². The summed E-state index contributed by atoms with van der Waals surface area (Å²) in [7, 11) is 1.82. The van der Waals surface area contributed by atoms with Gasteiger partial charge < -0.3 is 10.6 Å². The smallest absolute Gasteiger partial charge is 0.141 e. The van der Waals surface area contributed by atoms with Gasteiger partial charge in [0.2, 0.25) is 0 Å². The summed E-state index contributed by atoms with van der Waals surface area (Å²) in [6.45, 7) is 2.56. The van der Waals surface area contributed by atoms with Gasteiger partial charge >= 0.3 is 0 Å². The van der Waals surface area contributed by atoms with Gasteiger partial charge in [-0.3, -0.25) is 0 Å². The fraction of sp³-hybridized carbons (Fsp3) is 0.286. The molecule has 1 aromatic heterocycles. The van der Waals surface area contributed by atoms with Crippen molar-refractivity contribution >= 4 is 23.2 Å². The van der Waals surface area contributed by atoms with Gasteiger partial charge in [0.15, 0.2) is 0 Å². The number of aromatic nitrogens is 2. The molecule has 0 fully saturated rings. The topological polar surface area (TPSA) is 49.8 Å². The molecule has 20 heavy (non-hydrogen) atoms. The number of anilines is 2. The average molecular weight is 295 g/mol. The van der Waals surface area contributed by atoms with Gasteiger partial charge in [0.25, 0.3) is 0 Å². The lowest BCUT2D eigenvalue weighted by molar-refractivity contribution is 0.627. The highest BCUT2D eigenvalue weighted by Gasteiger charge is 2.08. The van der Waals surface area contributed by atoms with Gasteiger partial charge in [0, 0.05) is 19.2 Å². The first-order valence-corrected chi connectivity index (χ1v) is 6.73. The molecule has 0 amide bonds. The Morgan fingerprint density at radius 1 is 1.25 bits per heavy atom. The van der Waals surface area contributed by atoms with E-state index in [0.717, 1.165) is 29.2 Å². The van der Waals surface area contributed by atoms with Gasteiger partial charge in [-0.15, -0.1) is 0 Å². The van der Waals surface area contributed by atoms with Gasteiger partial charge in [0.05, 0.1) is 5.02 Å². The number of hydrogen-bond donors (Lipinski definition) is 2. The van der Waals surface area contributed by atoms with E-state index < -0.39 is 5.82 Å². The Bertz CT molecular complexity index is 604. The van der Waals surface area contributed by atoms with Crippen molar-refractivity contribution in [1.29, 1.82) is 0 Å². The summed E-state index contributed by atoms with van der Waals surface area (Å²) in [5, 5.41) is 6.39. The van der Waals surface area contributed by atoms with Crippen molar-refractivity contribution in [3.63, 3.8) is 0 Å². The van der Waals surface area contributed by atoms with Crippen molar-refractivity contribution in [3.05, 3.63) is 46.5 Å². The molecule has 6 heteroatoms. The molecule has 0 unspecified atom stereocenters. The molecule has 1 heterocycles. The molecule has 4 nitrogen and oxygen atoms in total. The minimum atomic E-state index is -0.413. The molecular weight excluding hydrogens is 279 g/mol. The molecule has 0 aliphatic rings. The van der Waals surface area contributed by atoms with Crippen molar-refractivity contribution in [2.45, 2.75) is 19.9 Å². The van der Waals surface area contributed by atoms with Crippen LogP contribution in [0.5, 0.6) is 0 Å². The molecule has 0 saturated heterocycles. The highest BCUT2D eigenvalue weighted by atomic mass is 35.5. The highest BCUT2D eigenvalue weighted by molar-refractivity contribution is 6.30. The number of hydrogen-bond acceptors (Lipinski definition) is 4. The van der Waals surface area contributed by atoms with E-state index in [2.05, 4.69) is 20.6 Å². The van der Waals surface area contributed by atoms with Crippen molar-refractivity contribution in [3.8, 4) is 0 Å². The number of nitrogens with one attached hydrogen (secondary N) is 2. The third-order valence-electron chi connectivity index (χ3n) is 2.98. The quantitative estimate of drug-likeness (QED) is 0.886. The Labute approximate surface area is 122 Å².